The molecule has 0 aliphatic carbocycles. The van der Waals surface area contributed by atoms with Crippen LogP contribution < -0.4 is 5.19 Å². The zero-order valence-electron chi connectivity index (χ0n) is 33.2. The molecule has 0 saturated carbocycles. The van der Waals surface area contributed by atoms with Crippen molar-refractivity contribution in [2.75, 3.05) is 0 Å². The minimum atomic E-state index is -2.08. The van der Waals surface area contributed by atoms with Crippen molar-refractivity contribution >= 4 is 57.7 Å². The van der Waals surface area contributed by atoms with Crippen LogP contribution >= 0.6 is 0 Å². The van der Waals surface area contributed by atoms with Crippen molar-refractivity contribution in [3.05, 3.63) is 120 Å². The number of fused-ring (bicyclic) bond motifs is 10. The Morgan fingerprint density at radius 1 is 0.740 bits per heavy atom. The van der Waals surface area contributed by atoms with Crippen molar-refractivity contribution in [3.8, 4) is 11.3 Å². The molecule has 0 saturated heterocycles. The molecule has 0 fully saturated rings. The molecule has 0 spiro atoms. The maximum absolute atomic E-state index is 7.35. The van der Waals surface area contributed by atoms with Crippen LogP contribution in [0.1, 0.15) is 62.3 Å². The van der Waals surface area contributed by atoms with Crippen molar-refractivity contribution in [1.29, 1.82) is 0 Å². The zero-order chi connectivity index (χ0) is 37.4. The Morgan fingerprint density at radius 3 is 2.12 bits per heavy atom. The van der Waals surface area contributed by atoms with E-state index in [1.165, 1.54) is 22.4 Å². The van der Waals surface area contributed by atoms with Crippen LogP contribution in [0.3, 0.4) is 0 Å². The van der Waals surface area contributed by atoms with Crippen LogP contribution in [0, 0.1) is 19.0 Å². The number of para-hydroxylation sites is 1. The van der Waals surface area contributed by atoms with E-state index >= 15 is 0 Å². The number of hydrogen-bond acceptors (Lipinski definition) is 3. The average Bonchev–Trinajstić information content (AvgIpc) is 3.66. The fraction of sp³-hybridized carbons (Fsp3) is 0.279. The molecule has 1 radical (unpaired) electrons. The number of hydrogen-bond donors (Lipinski definition) is 0. The second-order valence-corrected chi connectivity index (χ2v) is 21.1. The second-order valence-electron chi connectivity index (χ2n) is 16.0. The number of aromatic nitrogens is 5. The summed E-state index contributed by atoms with van der Waals surface area (Å²) >= 11 is 0. The van der Waals surface area contributed by atoms with Gasteiger partial charge in [0, 0.05) is 35.8 Å². The van der Waals surface area contributed by atoms with Crippen LogP contribution in [0.25, 0.3) is 55.7 Å². The van der Waals surface area contributed by atoms with Gasteiger partial charge < -0.3 is 4.98 Å². The van der Waals surface area contributed by atoms with Crippen LogP contribution in [0.2, 0.25) is 19.6 Å². The molecule has 4 aromatic carbocycles. The predicted molar refractivity (Wildman–Crippen MR) is 209 cm³/mol. The SMILES string of the molecule is CC(C)(C)c1ccc2c(c1)c1nc3ccc[c-]c3n1c1nc3ccc(C(C)(C)C)cc3n21.[2H]C([2H])([2H])c1c[c-]c(-c2ccc([Si](C)(C)C)cn2)cc1.[Ir]. The number of rotatable bonds is 2. The fourth-order valence-corrected chi connectivity index (χ4v) is 7.24. The summed E-state index contributed by atoms with van der Waals surface area (Å²) in [6.07, 6.45) is 1.92. The summed E-state index contributed by atoms with van der Waals surface area (Å²) in [5, 5.41) is 2.44. The van der Waals surface area contributed by atoms with E-state index in [0.717, 1.165) is 55.7 Å². The Bertz CT molecular complexity index is 2550. The molecule has 0 amide bonds. The van der Waals surface area contributed by atoms with E-state index in [4.69, 9.17) is 14.1 Å². The third-order valence-electron chi connectivity index (χ3n) is 9.24. The summed E-state index contributed by atoms with van der Waals surface area (Å²) in [5.74, 6) is 0.877. The van der Waals surface area contributed by atoms with Crippen LogP contribution in [-0.2, 0) is 30.9 Å². The minimum absolute atomic E-state index is 0. The van der Waals surface area contributed by atoms with Crippen molar-refractivity contribution in [1.82, 2.24) is 23.8 Å². The minimum Gasteiger partial charge on any atom is -0.305 e. The van der Waals surface area contributed by atoms with Crippen LogP contribution in [0.5, 0.6) is 0 Å². The van der Waals surface area contributed by atoms with Gasteiger partial charge in [0.05, 0.1) is 24.6 Å². The van der Waals surface area contributed by atoms with Crippen LogP contribution in [-0.4, -0.2) is 31.8 Å². The maximum atomic E-state index is 7.35. The molecule has 7 heteroatoms. The molecule has 0 unspecified atom stereocenters. The van der Waals surface area contributed by atoms with Crippen molar-refractivity contribution in [3.63, 3.8) is 0 Å². The molecular formula is C43H45IrN5Si-2. The summed E-state index contributed by atoms with van der Waals surface area (Å²) in [7, 11) is -1.34. The molecule has 0 N–H and O–H groups in total. The van der Waals surface area contributed by atoms with Gasteiger partial charge in [0.2, 0.25) is 5.78 Å². The normalized spacial score (nSPS) is 13.6. The number of benzene rings is 4. The number of nitrogens with zero attached hydrogens (tertiary/aromatic N) is 5. The second kappa shape index (κ2) is 12.9. The summed E-state index contributed by atoms with van der Waals surface area (Å²) in [6, 6.07) is 34.8. The maximum Gasteiger partial charge on any atom is 0.219 e. The van der Waals surface area contributed by atoms with E-state index in [1.54, 1.807) is 12.1 Å². The standard InChI is InChI=1S/C28H27N4.C15H18NSi.Ir/c1-27(2,3)17-12-14-22-19(15-17)25-29-20-9-7-8-10-23(20)32(25)26-30-21-13-11-18(28(4,5)6)16-24(21)31(22)26;1-12-5-7-13(8-6-12)15-10-9-14(11-16-15)17(2,3)4;/h7-9,11-16H,1-6H3;5-7,9-11H,1-4H3;/q2*-1;/i;1D3;. The Balaban J connectivity index is 0.000000199. The first-order chi connectivity index (χ1) is 24.3. The smallest absolute Gasteiger partial charge is 0.219 e. The molecule has 8 aromatic rings. The van der Waals surface area contributed by atoms with Crippen molar-refractivity contribution < 1.29 is 24.2 Å². The first kappa shape index (κ1) is 31.8. The molecule has 0 aliphatic heterocycles. The summed E-state index contributed by atoms with van der Waals surface area (Å²) in [6.45, 7) is 18.3. The number of pyridine rings is 1. The summed E-state index contributed by atoms with van der Waals surface area (Å²) in [5.41, 5.74) is 10.7. The van der Waals surface area contributed by atoms with E-state index in [0.29, 0.717) is 5.56 Å². The van der Waals surface area contributed by atoms with Gasteiger partial charge in [-0.15, -0.1) is 41.5 Å². The van der Waals surface area contributed by atoms with Crippen molar-refractivity contribution in [2.45, 2.75) is 78.9 Å². The summed E-state index contributed by atoms with van der Waals surface area (Å²) < 4.78 is 26.5. The summed E-state index contributed by atoms with van der Waals surface area (Å²) in [4.78, 5) is 14.6. The third-order valence-corrected chi connectivity index (χ3v) is 11.3. The molecule has 4 aromatic heterocycles. The fourth-order valence-electron chi connectivity index (χ4n) is 6.21. The van der Waals surface area contributed by atoms with Gasteiger partial charge in [-0.1, -0.05) is 92.3 Å². The van der Waals surface area contributed by atoms with E-state index in [2.05, 4.69) is 136 Å². The molecule has 4 heterocycles. The van der Waals surface area contributed by atoms with Crippen LogP contribution in [0.4, 0.5) is 0 Å². The number of imidazole rings is 2. The van der Waals surface area contributed by atoms with Gasteiger partial charge in [0.1, 0.15) is 5.65 Å². The Labute approximate surface area is 314 Å². The van der Waals surface area contributed by atoms with E-state index in [9.17, 15) is 0 Å². The van der Waals surface area contributed by atoms with E-state index < -0.39 is 14.9 Å². The van der Waals surface area contributed by atoms with Crippen molar-refractivity contribution in [2.24, 2.45) is 0 Å². The zero-order valence-corrected chi connectivity index (χ0v) is 33.6. The average molecular weight is 855 g/mol. The molecule has 0 bridgehead atoms. The molecule has 8 rings (SSSR count). The van der Waals surface area contributed by atoms with E-state index in [-0.39, 0.29) is 30.9 Å². The molecular weight excluding hydrogens is 807 g/mol. The predicted octanol–water partition coefficient (Wildman–Crippen LogP) is 10.2. The van der Waals surface area contributed by atoms with Gasteiger partial charge in [0.15, 0.2) is 0 Å². The quantitative estimate of drug-likeness (QED) is 0.129. The molecule has 0 atom stereocenters. The molecule has 50 heavy (non-hydrogen) atoms. The third kappa shape index (κ3) is 6.55. The molecule has 257 valence electrons. The Hall–Kier alpha value is -4.16. The van der Waals surface area contributed by atoms with Gasteiger partial charge in [-0.3, -0.25) is 13.8 Å². The van der Waals surface area contributed by atoms with Crippen LogP contribution in [0.15, 0.2) is 91.1 Å². The number of aryl methyl sites for hydroxylation is 1. The monoisotopic (exact) mass is 855 g/mol. The van der Waals surface area contributed by atoms with Gasteiger partial charge >= 0.3 is 0 Å². The first-order valence-electron chi connectivity index (χ1n) is 18.4. The van der Waals surface area contributed by atoms with Gasteiger partial charge in [-0.05, 0) is 68.1 Å². The van der Waals surface area contributed by atoms with Gasteiger partial charge in [0.25, 0.3) is 0 Å². The largest absolute Gasteiger partial charge is 0.305 e. The van der Waals surface area contributed by atoms with Gasteiger partial charge in [-0.2, -0.15) is 18.2 Å². The Kier molecular flexibility index (Phi) is 8.18. The molecule has 0 aliphatic rings. The topological polar surface area (TPSA) is 47.5 Å². The van der Waals surface area contributed by atoms with Gasteiger partial charge in [-0.25, -0.2) is 4.98 Å². The molecule has 5 nitrogen and oxygen atoms in total. The Morgan fingerprint density at radius 2 is 1.48 bits per heavy atom. The first-order valence-corrected chi connectivity index (χ1v) is 20.4. The van der Waals surface area contributed by atoms with E-state index in [1.807, 2.05) is 24.4 Å².